The molecular formula is C26H24F2N6O. The Morgan fingerprint density at radius 2 is 1.77 bits per heavy atom. The van der Waals surface area contributed by atoms with Gasteiger partial charge in [0.05, 0.1) is 23.1 Å². The molecule has 4 aromatic rings. The van der Waals surface area contributed by atoms with E-state index in [0.717, 1.165) is 42.3 Å². The number of hydrogen-bond donors (Lipinski definition) is 0. The maximum absolute atomic E-state index is 14.0. The fourth-order valence-electron chi connectivity index (χ4n) is 5.61. The van der Waals surface area contributed by atoms with E-state index in [1.807, 2.05) is 42.2 Å². The molecule has 2 bridgehead atoms. The number of rotatable bonds is 3. The number of nitrogens with zero attached hydrogens (tertiary/aromatic N) is 6. The molecule has 6 rings (SSSR count). The molecule has 9 heteroatoms. The predicted octanol–water partition coefficient (Wildman–Crippen LogP) is 4.55. The van der Waals surface area contributed by atoms with E-state index in [-0.39, 0.29) is 23.8 Å². The molecule has 1 amide bonds. The number of para-hydroxylation sites is 1. The number of benzene rings is 2. The van der Waals surface area contributed by atoms with Gasteiger partial charge in [0.25, 0.3) is 5.91 Å². The third kappa shape index (κ3) is 3.53. The van der Waals surface area contributed by atoms with Crippen molar-refractivity contribution < 1.29 is 13.6 Å². The van der Waals surface area contributed by atoms with Crippen molar-refractivity contribution in [2.45, 2.75) is 44.7 Å². The number of aromatic nitrogens is 5. The summed E-state index contributed by atoms with van der Waals surface area (Å²) < 4.78 is 31.3. The van der Waals surface area contributed by atoms with Crippen LogP contribution >= 0.6 is 0 Å². The maximum Gasteiger partial charge on any atom is 0.294 e. The maximum atomic E-state index is 14.0. The van der Waals surface area contributed by atoms with E-state index < -0.39 is 11.6 Å². The van der Waals surface area contributed by atoms with Crippen LogP contribution in [0.2, 0.25) is 0 Å². The molecule has 1 saturated heterocycles. The van der Waals surface area contributed by atoms with Crippen molar-refractivity contribution in [2.75, 3.05) is 0 Å². The van der Waals surface area contributed by atoms with Gasteiger partial charge in [-0.3, -0.25) is 9.48 Å². The fourth-order valence-corrected chi connectivity index (χ4v) is 5.61. The number of fused-ring (bicyclic) bond motifs is 4. The average molecular weight is 475 g/mol. The number of carbonyl (C=O) groups excluding carboxylic acids is 1. The topological polar surface area (TPSA) is 68.8 Å². The van der Waals surface area contributed by atoms with Crippen LogP contribution in [0.1, 0.15) is 53.0 Å². The van der Waals surface area contributed by atoms with Crippen molar-refractivity contribution in [3.63, 3.8) is 0 Å². The first kappa shape index (κ1) is 21.6. The van der Waals surface area contributed by atoms with Crippen LogP contribution in [0, 0.1) is 18.6 Å². The van der Waals surface area contributed by atoms with E-state index in [4.69, 9.17) is 5.10 Å². The third-order valence-corrected chi connectivity index (χ3v) is 7.01. The van der Waals surface area contributed by atoms with Gasteiger partial charge in [-0.15, -0.1) is 5.10 Å². The summed E-state index contributed by atoms with van der Waals surface area (Å²) in [6.07, 6.45) is 3.15. The Kier molecular flexibility index (Phi) is 5.01. The highest BCUT2D eigenvalue weighted by molar-refractivity contribution is 5.91. The summed E-state index contributed by atoms with van der Waals surface area (Å²) >= 11 is 0. The normalized spacial score (nSPS) is 19.0. The largest absolute Gasteiger partial charge is 0.324 e. The molecular weight excluding hydrogens is 450 g/mol. The highest BCUT2D eigenvalue weighted by atomic mass is 19.1. The summed E-state index contributed by atoms with van der Waals surface area (Å²) in [4.78, 5) is 20.1. The standard InChI is InChI=1S/C26H24F2N6O/c1-15-29-25(31-34(15)19-7-4-3-5-8-19)26(35)33-20-9-6-10-22(33)23-21(14-20)24(32(2)30-23)16-11-17(27)13-18(28)12-16/h3-5,7-8,11-13,20,22H,6,9-10,14H2,1-2H3. The molecule has 2 aliphatic rings. The Hall–Kier alpha value is -3.88. The van der Waals surface area contributed by atoms with Gasteiger partial charge in [0.2, 0.25) is 5.82 Å². The molecule has 0 N–H and O–H groups in total. The van der Waals surface area contributed by atoms with Crippen LogP contribution in [0.25, 0.3) is 16.9 Å². The SMILES string of the molecule is Cc1nc(C(=O)N2C3CCCC2c2nn(C)c(-c4cc(F)cc(F)c4)c2C3)nn1-c1ccccc1. The molecule has 0 saturated carbocycles. The van der Waals surface area contributed by atoms with Crippen LogP contribution in [-0.4, -0.2) is 41.4 Å². The molecule has 0 spiro atoms. The first-order chi connectivity index (χ1) is 16.9. The zero-order valence-corrected chi connectivity index (χ0v) is 19.4. The van der Waals surface area contributed by atoms with Crippen LogP contribution in [0.15, 0.2) is 48.5 Å². The van der Waals surface area contributed by atoms with Crippen molar-refractivity contribution in [1.82, 2.24) is 29.4 Å². The van der Waals surface area contributed by atoms with Gasteiger partial charge < -0.3 is 4.90 Å². The number of piperidine rings is 1. The van der Waals surface area contributed by atoms with E-state index in [1.54, 1.807) is 16.4 Å². The molecule has 2 aromatic carbocycles. The van der Waals surface area contributed by atoms with Gasteiger partial charge in [0, 0.05) is 30.3 Å². The van der Waals surface area contributed by atoms with E-state index in [2.05, 4.69) is 10.1 Å². The minimum absolute atomic E-state index is 0.0564. The number of carbonyl (C=O) groups is 1. The summed E-state index contributed by atoms with van der Waals surface area (Å²) in [5, 5.41) is 9.27. The van der Waals surface area contributed by atoms with Crippen LogP contribution < -0.4 is 0 Å². The van der Waals surface area contributed by atoms with Gasteiger partial charge in [-0.25, -0.2) is 18.4 Å². The van der Waals surface area contributed by atoms with Gasteiger partial charge in [0.1, 0.15) is 17.5 Å². The lowest BCUT2D eigenvalue weighted by Gasteiger charge is -2.44. The Bertz CT molecular complexity index is 1420. The van der Waals surface area contributed by atoms with E-state index in [1.165, 1.54) is 12.1 Å². The van der Waals surface area contributed by atoms with Gasteiger partial charge in [0.15, 0.2) is 0 Å². The van der Waals surface area contributed by atoms with Crippen LogP contribution in [-0.2, 0) is 13.5 Å². The van der Waals surface area contributed by atoms with Gasteiger partial charge in [-0.05, 0) is 56.9 Å². The predicted molar refractivity (Wildman–Crippen MR) is 125 cm³/mol. The molecule has 2 aliphatic heterocycles. The van der Waals surface area contributed by atoms with Crippen molar-refractivity contribution in [3.05, 3.63) is 83.1 Å². The van der Waals surface area contributed by atoms with Gasteiger partial charge in [-0.1, -0.05) is 18.2 Å². The second-order valence-corrected chi connectivity index (χ2v) is 9.24. The van der Waals surface area contributed by atoms with Crippen molar-refractivity contribution in [3.8, 4) is 16.9 Å². The molecule has 2 atom stereocenters. The van der Waals surface area contributed by atoms with E-state index in [0.29, 0.717) is 23.5 Å². The Labute approximate surface area is 201 Å². The second-order valence-electron chi connectivity index (χ2n) is 9.24. The number of aryl methyl sites for hydroxylation is 2. The van der Waals surface area contributed by atoms with E-state index in [9.17, 15) is 13.6 Å². The Morgan fingerprint density at radius 1 is 1.03 bits per heavy atom. The fraction of sp³-hybridized carbons (Fsp3) is 0.308. The first-order valence-corrected chi connectivity index (χ1v) is 11.7. The molecule has 0 aliphatic carbocycles. The van der Waals surface area contributed by atoms with Crippen LogP contribution in [0.5, 0.6) is 0 Å². The lowest BCUT2D eigenvalue weighted by Crippen LogP contribution is -2.50. The van der Waals surface area contributed by atoms with Crippen molar-refractivity contribution >= 4 is 5.91 Å². The summed E-state index contributed by atoms with van der Waals surface area (Å²) in [5.41, 5.74) is 3.74. The number of halogens is 2. The smallest absolute Gasteiger partial charge is 0.294 e. The summed E-state index contributed by atoms with van der Waals surface area (Å²) in [7, 11) is 1.78. The molecule has 2 aromatic heterocycles. The van der Waals surface area contributed by atoms with Crippen LogP contribution in [0.4, 0.5) is 8.78 Å². The lowest BCUT2D eigenvalue weighted by molar-refractivity contribution is 0.0379. The lowest BCUT2D eigenvalue weighted by atomic mass is 9.81. The zero-order chi connectivity index (χ0) is 24.3. The highest BCUT2D eigenvalue weighted by Crippen LogP contribution is 2.45. The van der Waals surface area contributed by atoms with Crippen molar-refractivity contribution in [2.24, 2.45) is 7.05 Å². The minimum atomic E-state index is -0.627. The zero-order valence-electron chi connectivity index (χ0n) is 19.4. The molecule has 4 heterocycles. The third-order valence-electron chi connectivity index (χ3n) is 7.01. The van der Waals surface area contributed by atoms with Gasteiger partial charge in [-0.2, -0.15) is 5.10 Å². The minimum Gasteiger partial charge on any atom is -0.324 e. The summed E-state index contributed by atoms with van der Waals surface area (Å²) in [5.74, 6) is -0.672. The molecule has 0 radical (unpaired) electrons. The average Bonchev–Trinajstić information content (AvgIpc) is 3.37. The molecule has 178 valence electrons. The Balaban J connectivity index is 1.39. The quantitative estimate of drug-likeness (QED) is 0.437. The van der Waals surface area contributed by atoms with Crippen LogP contribution in [0.3, 0.4) is 0 Å². The second kappa shape index (κ2) is 8.11. The molecule has 2 unspecified atom stereocenters. The van der Waals surface area contributed by atoms with Gasteiger partial charge >= 0.3 is 0 Å². The summed E-state index contributed by atoms with van der Waals surface area (Å²) in [6, 6.07) is 12.8. The van der Waals surface area contributed by atoms with E-state index >= 15 is 0 Å². The molecule has 1 fully saturated rings. The first-order valence-electron chi connectivity index (χ1n) is 11.7. The van der Waals surface area contributed by atoms with Crippen molar-refractivity contribution in [1.29, 1.82) is 0 Å². The molecule has 35 heavy (non-hydrogen) atoms. The Morgan fingerprint density at radius 3 is 2.51 bits per heavy atom. The number of amides is 1. The summed E-state index contributed by atoms with van der Waals surface area (Å²) in [6.45, 7) is 1.83. The monoisotopic (exact) mass is 474 g/mol. The highest BCUT2D eigenvalue weighted by Gasteiger charge is 2.44. The number of hydrogen-bond acceptors (Lipinski definition) is 4. The molecule has 7 nitrogen and oxygen atoms in total.